The van der Waals surface area contributed by atoms with Gasteiger partial charge in [-0.2, -0.15) is 5.10 Å². The van der Waals surface area contributed by atoms with Gasteiger partial charge >= 0.3 is 0 Å². The standard InChI is InChI=1S/C17H18N4O3S/c18-16(23)13-7-9(8-25-13)15-14-12(5-6-19-17(14)24)21(20-15)10-1-3-11(22)4-2-10/h5-8,10-11,22H,1-4H2,(H2,18,23)(H,19,24)/t10-,11+. The molecule has 1 amide bonds. The zero-order valence-corrected chi connectivity index (χ0v) is 14.3. The molecule has 1 aliphatic rings. The van der Waals surface area contributed by atoms with E-state index in [1.807, 2.05) is 10.7 Å². The van der Waals surface area contributed by atoms with Gasteiger partial charge in [-0.15, -0.1) is 11.3 Å². The van der Waals surface area contributed by atoms with Gasteiger partial charge in [0.1, 0.15) is 5.69 Å². The van der Waals surface area contributed by atoms with E-state index in [1.165, 1.54) is 11.3 Å². The van der Waals surface area contributed by atoms with Crippen molar-refractivity contribution in [1.29, 1.82) is 0 Å². The summed E-state index contributed by atoms with van der Waals surface area (Å²) in [6.45, 7) is 0. The zero-order chi connectivity index (χ0) is 17.6. The van der Waals surface area contributed by atoms with Gasteiger partial charge in [0.15, 0.2) is 0 Å². The minimum Gasteiger partial charge on any atom is -0.393 e. The van der Waals surface area contributed by atoms with Gasteiger partial charge < -0.3 is 15.8 Å². The molecule has 0 aliphatic heterocycles. The molecule has 0 unspecified atom stereocenters. The average molecular weight is 358 g/mol. The van der Waals surface area contributed by atoms with Crippen molar-refractivity contribution in [3.63, 3.8) is 0 Å². The molecular weight excluding hydrogens is 340 g/mol. The van der Waals surface area contributed by atoms with E-state index in [2.05, 4.69) is 4.98 Å². The molecule has 0 spiro atoms. The van der Waals surface area contributed by atoms with Gasteiger partial charge in [-0.05, 0) is 37.8 Å². The predicted octanol–water partition coefficient (Wildman–Crippen LogP) is 2.03. The normalized spacial score (nSPS) is 20.8. The second-order valence-corrected chi connectivity index (χ2v) is 7.30. The van der Waals surface area contributed by atoms with Crippen molar-refractivity contribution in [3.8, 4) is 11.3 Å². The molecule has 3 heterocycles. The monoisotopic (exact) mass is 358 g/mol. The molecule has 4 rings (SSSR count). The first-order valence-corrected chi connectivity index (χ1v) is 9.09. The van der Waals surface area contributed by atoms with E-state index < -0.39 is 5.91 Å². The van der Waals surface area contributed by atoms with Gasteiger partial charge in [0.2, 0.25) is 0 Å². The van der Waals surface area contributed by atoms with Crippen LogP contribution in [0.2, 0.25) is 0 Å². The van der Waals surface area contributed by atoms with Crippen LogP contribution in [0, 0.1) is 0 Å². The Morgan fingerprint density at radius 3 is 2.80 bits per heavy atom. The van der Waals surface area contributed by atoms with Crippen molar-refractivity contribution in [1.82, 2.24) is 14.8 Å². The first-order valence-electron chi connectivity index (χ1n) is 8.21. The Kier molecular flexibility index (Phi) is 3.93. The molecule has 0 radical (unpaired) electrons. The number of aliphatic hydroxyl groups is 1. The minimum atomic E-state index is -0.491. The molecular formula is C17H18N4O3S. The highest BCUT2D eigenvalue weighted by atomic mass is 32.1. The van der Waals surface area contributed by atoms with E-state index >= 15 is 0 Å². The third-order valence-corrected chi connectivity index (χ3v) is 5.70. The number of carbonyl (C=O) groups is 1. The maximum Gasteiger partial charge on any atom is 0.259 e. The van der Waals surface area contributed by atoms with Crippen LogP contribution in [0.5, 0.6) is 0 Å². The fraction of sp³-hybridized carbons (Fsp3) is 0.353. The van der Waals surface area contributed by atoms with E-state index in [-0.39, 0.29) is 17.7 Å². The second-order valence-electron chi connectivity index (χ2n) is 6.39. The topological polar surface area (TPSA) is 114 Å². The number of hydrogen-bond acceptors (Lipinski definition) is 5. The van der Waals surface area contributed by atoms with Crippen LogP contribution in [0.25, 0.3) is 22.2 Å². The summed E-state index contributed by atoms with van der Waals surface area (Å²) in [4.78, 5) is 26.9. The number of rotatable bonds is 3. The Morgan fingerprint density at radius 1 is 1.36 bits per heavy atom. The highest BCUT2D eigenvalue weighted by Crippen LogP contribution is 2.34. The highest BCUT2D eigenvalue weighted by Gasteiger charge is 2.25. The van der Waals surface area contributed by atoms with Crippen LogP contribution < -0.4 is 11.3 Å². The molecule has 0 atom stereocenters. The molecule has 3 aromatic heterocycles. The van der Waals surface area contributed by atoms with Crippen LogP contribution in [0.15, 0.2) is 28.5 Å². The Bertz CT molecular complexity index is 995. The molecule has 0 bridgehead atoms. The fourth-order valence-corrected chi connectivity index (χ4v) is 4.22. The summed E-state index contributed by atoms with van der Waals surface area (Å²) in [6.07, 6.45) is 4.47. The summed E-state index contributed by atoms with van der Waals surface area (Å²) < 4.78 is 1.90. The first kappa shape index (κ1) is 16.0. The molecule has 8 heteroatoms. The lowest BCUT2D eigenvalue weighted by atomic mass is 9.93. The lowest BCUT2D eigenvalue weighted by Gasteiger charge is -2.26. The Morgan fingerprint density at radius 2 is 2.12 bits per heavy atom. The molecule has 7 nitrogen and oxygen atoms in total. The molecule has 0 aromatic carbocycles. The number of pyridine rings is 1. The van der Waals surface area contributed by atoms with Crippen LogP contribution in [-0.4, -0.2) is 31.9 Å². The highest BCUT2D eigenvalue weighted by molar-refractivity contribution is 7.12. The number of aliphatic hydroxyl groups excluding tert-OH is 1. The number of fused-ring (bicyclic) bond motifs is 1. The van der Waals surface area contributed by atoms with Crippen LogP contribution in [-0.2, 0) is 0 Å². The van der Waals surface area contributed by atoms with Crippen molar-refractivity contribution in [2.75, 3.05) is 0 Å². The molecule has 1 aliphatic carbocycles. The number of nitrogens with two attached hydrogens (primary N) is 1. The molecule has 130 valence electrons. The van der Waals surface area contributed by atoms with Crippen LogP contribution >= 0.6 is 11.3 Å². The maximum absolute atomic E-state index is 12.4. The minimum absolute atomic E-state index is 0.149. The number of H-pyrrole nitrogens is 1. The number of nitrogens with one attached hydrogen (secondary N) is 1. The number of nitrogens with zero attached hydrogens (tertiary/aromatic N) is 2. The van der Waals surface area contributed by atoms with Crippen LogP contribution in [0.3, 0.4) is 0 Å². The van der Waals surface area contributed by atoms with E-state index in [1.54, 1.807) is 17.6 Å². The van der Waals surface area contributed by atoms with Gasteiger partial charge in [0, 0.05) is 17.1 Å². The molecule has 1 saturated carbocycles. The summed E-state index contributed by atoms with van der Waals surface area (Å²) >= 11 is 1.24. The van der Waals surface area contributed by atoms with Crippen molar-refractivity contribution >= 4 is 28.1 Å². The second kappa shape index (κ2) is 6.12. The van der Waals surface area contributed by atoms with Crippen molar-refractivity contribution < 1.29 is 9.90 Å². The van der Waals surface area contributed by atoms with Gasteiger partial charge in [-0.1, -0.05) is 0 Å². The lowest BCUT2D eigenvalue weighted by Crippen LogP contribution is -2.21. The third-order valence-electron chi connectivity index (χ3n) is 4.76. The molecule has 3 aromatic rings. The lowest BCUT2D eigenvalue weighted by molar-refractivity contribution is 0.100. The van der Waals surface area contributed by atoms with Crippen molar-refractivity contribution in [2.45, 2.75) is 37.8 Å². The summed E-state index contributed by atoms with van der Waals surface area (Å²) in [5.74, 6) is -0.491. The number of hydrogen-bond donors (Lipinski definition) is 3. The SMILES string of the molecule is NC(=O)c1cc(-c2nn([C@H]3CC[C@@H](O)CC3)c3cc[nH]c(=O)c23)cs1. The van der Waals surface area contributed by atoms with E-state index in [0.29, 0.717) is 16.0 Å². The van der Waals surface area contributed by atoms with E-state index in [4.69, 9.17) is 10.8 Å². The Hall–Kier alpha value is -2.45. The molecule has 0 saturated heterocycles. The third kappa shape index (κ3) is 2.77. The number of carbonyl (C=O) groups excluding carboxylic acids is 1. The first-order chi connectivity index (χ1) is 12.0. The van der Waals surface area contributed by atoms with Crippen LogP contribution in [0.1, 0.15) is 41.4 Å². The summed E-state index contributed by atoms with van der Waals surface area (Å²) in [6, 6.07) is 3.67. The van der Waals surface area contributed by atoms with E-state index in [9.17, 15) is 14.7 Å². The maximum atomic E-state index is 12.4. The molecule has 25 heavy (non-hydrogen) atoms. The van der Waals surface area contributed by atoms with Gasteiger partial charge in [-0.25, -0.2) is 0 Å². The number of amides is 1. The van der Waals surface area contributed by atoms with Crippen LogP contribution in [0.4, 0.5) is 0 Å². The van der Waals surface area contributed by atoms with Gasteiger partial charge in [-0.3, -0.25) is 14.3 Å². The molecule has 1 fully saturated rings. The quantitative estimate of drug-likeness (QED) is 0.664. The predicted molar refractivity (Wildman–Crippen MR) is 95.7 cm³/mol. The number of thiophene rings is 1. The molecule has 4 N–H and O–H groups in total. The van der Waals surface area contributed by atoms with Crippen molar-refractivity contribution in [3.05, 3.63) is 38.9 Å². The summed E-state index contributed by atoms with van der Waals surface area (Å²) in [5, 5.41) is 16.8. The smallest absolute Gasteiger partial charge is 0.259 e. The number of aromatic amines is 1. The Labute approximate surface area is 147 Å². The zero-order valence-electron chi connectivity index (χ0n) is 13.4. The summed E-state index contributed by atoms with van der Waals surface area (Å²) in [7, 11) is 0. The average Bonchev–Trinajstić information content (AvgIpc) is 3.21. The largest absolute Gasteiger partial charge is 0.393 e. The van der Waals surface area contributed by atoms with Gasteiger partial charge in [0.25, 0.3) is 11.5 Å². The van der Waals surface area contributed by atoms with E-state index in [0.717, 1.165) is 36.8 Å². The number of aromatic nitrogens is 3. The fourth-order valence-electron chi connectivity index (χ4n) is 3.47. The number of primary amides is 1. The van der Waals surface area contributed by atoms with Crippen molar-refractivity contribution in [2.24, 2.45) is 5.73 Å². The Balaban J connectivity index is 1.87. The summed E-state index contributed by atoms with van der Waals surface area (Å²) in [5.41, 5.74) is 7.18. The van der Waals surface area contributed by atoms with Gasteiger partial charge in [0.05, 0.1) is 27.9 Å².